The molecule has 1 saturated heterocycles. The Morgan fingerprint density at radius 2 is 2.30 bits per heavy atom. The average molecular weight is 300 g/mol. The molecular formula is C13H18ClN3O3. The molecule has 1 fully saturated rings. The highest BCUT2D eigenvalue weighted by molar-refractivity contribution is 5.98. The second-order valence-corrected chi connectivity index (χ2v) is 4.78. The first-order chi connectivity index (χ1) is 9.08. The molecule has 2 rings (SSSR count). The highest BCUT2D eigenvalue weighted by Crippen LogP contribution is 2.19. The monoisotopic (exact) mass is 299 g/mol. The summed E-state index contributed by atoms with van der Waals surface area (Å²) in [6, 6.07) is 4.83. The molecule has 0 radical (unpaired) electrons. The zero-order valence-corrected chi connectivity index (χ0v) is 12.0. The van der Waals surface area contributed by atoms with E-state index in [0.29, 0.717) is 6.54 Å². The van der Waals surface area contributed by atoms with Gasteiger partial charge in [0.1, 0.15) is 5.56 Å². The molecule has 1 aromatic rings. The predicted octanol–water partition coefficient (Wildman–Crippen LogP) is 1.81. The van der Waals surface area contributed by atoms with E-state index >= 15 is 0 Å². The van der Waals surface area contributed by atoms with E-state index in [0.717, 1.165) is 24.9 Å². The van der Waals surface area contributed by atoms with E-state index < -0.39 is 4.92 Å². The number of carbonyl (C=O) groups is 1. The number of halogens is 1. The lowest BCUT2D eigenvalue weighted by atomic mass is 10.1. The number of benzene rings is 1. The number of nitro groups is 1. The molecule has 0 saturated carbocycles. The van der Waals surface area contributed by atoms with Crippen LogP contribution in [-0.4, -0.2) is 30.0 Å². The summed E-state index contributed by atoms with van der Waals surface area (Å²) in [6.45, 7) is 3.27. The number of rotatable bonds is 4. The summed E-state index contributed by atoms with van der Waals surface area (Å²) in [4.78, 5) is 22.4. The van der Waals surface area contributed by atoms with Crippen LogP contribution in [0.5, 0.6) is 0 Å². The van der Waals surface area contributed by atoms with E-state index in [-0.39, 0.29) is 35.6 Å². The van der Waals surface area contributed by atoms with Crippen LogP contribution in [0.2, 0.25) is 0 Å². The first-order valence-corrected chi connectivity index (χ1v) is 6.34. The number of hydrogen-bond donors (Lipinski definition) is 2. The van der Waals surface area contributed by atoms with Crippen molar-refractivity contribution in [3.63, 3.8) is 0 Å². The number of carbonyl (C=O) groups excluding carboxylic acids is 1. The Labute approximate surface area is 123 Å². The van der Waals surface area contributed by atoms with Crippen LogP contribution in [0.15, 0.2) is 18.2 Å². The van der Waals surface area contributed by atoms with E-state index in [9.17, 15) is 14.9 Å². The molecule has 1 unspecified atom stereocenters. The van der Waals surface area contributed by atoms with Crippen molar-refractivity contribution in [2.24, 2.45) is 0 Å². The van der Waals surface area contributed by atoms with Gasteiger partial charge in [0.05, 0.1) is 4.92 Å². The predicted molar refractivity (Wildman–Crippen MR) is 78.4 cm³/mol. The third kappa shape index (κ3) is 3.91. The van der Waals surface area contributed by atoms with E-state index in [2.05, 4.69) is 10.6 Å². The van der Waals surface area contributed by atoms with Crippen molar-refractivity contribution < 1.29 is 9.72 Å². The summed E-state index contributed by atoms with van der Waals surface area (Å²) in [5.41, 5.74) is 0.806. The second kappa shape index (κ2) is 7.21. The van der Waals surface area contributed by atoms with Gasteiger partial charge < -0.3 is 10.6 Å². The molecule has 1 aliphatic heterocycles. The fraction of sp³-hybridized carbons (Fsp3) is 0.462. The van der Waals surface area contributed by atoms with Gasteiger partial charge in [0, 0.05) is 18.7 Å². The van der Waals surface area contributed by atoms with Crippen molar-refractivity contribution in [3.05, 3.63) is 39.4 Å². The maximum absolute atomic E-state index is 12.0. The molecule has 1 amide bonds. The van der Waals surface area contributed by atoms with Crippen molar-refractivity contribution in [3.8, 4) is 0 Å². The van der Waals surface area contributed by atoms with E-state index in [4.69, 9.17) is 0 Å². The van der Waals surface area contributed by atoms with Gasteiger partial charge in [-0.1, -0.05) is 6.07 Å². The van der Waals surface area contributed by atoms with Crippen LogP contribution in [0, 0.1) is 17.0 Å². The van der Waals surface area contributed by atoms with Crippen molar-refractivity contribution in [2.75, 3.05) is 13.1 Å². The number of amides is 1. The summed E-state index contributed by atoms with van der Waals surface area (Å²) in [7, 11) is 0. The fourth-order valence-electron chi connectivity index (χ4n) is 2.23. The minimum Gasteiger partial charge on any atom is -0.350 e. The quantitative estimate of drug-likeness (QED) is 0.656. The SMILES string of the molecule is Cc1ccc([N+](=O)[O-])c(C(=O)NCC2CCCN2)c1.Cl. The van der Waals surface area contributed by atoms with Gasteiger partial charge in [-0.25, -0.2) is 0 Å². The van der Waals surface area contributed by atoms with Crippen molar-refractivity contribution >= 4 is 24.0 Å². The lowest BCUT2D eigenvalue weighted by Crippen LogP contribution is -2.37. The van der Waals surface area contributed by atoms with Crippen LogP contribution < -0.4 is 10.6 Å². The van der Waals surface area contributed by atoms with Gasteiger partial charge in [0.15, 0.2) is 0 Å². The summed E-state index contributed by atoms with van der Waals surface area (Å²) in [6.07, 6.45) is 2.13. The molecule has 0 aromatic heterocycles. The molecule has 20 heavy (non-hydrogen) atoms. The fourth-order valence-corrected chi connectivity index (χ4v) is 2.23. The third-order valence-corrected chi connectivity index (χ3v) is 3.26. The van der Waals surface area contributed by atoms with Gasteiger partial charge >= 0.3 is 0 Å². The van der Waals surface area contributed by atoms with E-state index in [1.807, 2.05) is 0 Å². The number of aryl methyl sites for hydroxylation is 1. The first-order valence-electron chi connectivity index (χ1n) is 6.34. The molecule has 7 heteroatoms. The third-order valence-electron chi connectivity index (χ3n) is 3.26. The number of nitrogens with one attached hydrogen (secondary N) is 2. The average Bonchev–Trinajstić information content (AvgIpc) is 2.88. The Hall–Kier alpha value is -1.66. The minimum absolute atomic E-state index is 0. The van der Waals surface area contributed by atoms with Crippen LogP contribution in [0.3, 0.4) is 0 Å². The maximum Gasteiger partial charge on any atom is 0.282 e. The zero-order valence-electron chi connectivity index (χ0n) is 11.2. The Balaban J connectivity index is 0.00000200. The summed E-state index contributed by atoms with van der Waals surface area (Å²) in [5.74, 6) is -0.385. The lowest BCUT2D eigenvalue weighted by Gasteiger charge is -2.11. The molecule has 1 aliphatic rings. The van der Waals surface area contributed by atoms with Gasteiger partial charge in [-0.3, -0.25) is 14.9 Å². The van der Waals surface area contributed by atoms with Crippen LogP contribution in [0.4, 0.5) is 5.69 Å². The first kappa shape index (κ1) is 16.4. The largest absolute Gasteiger partial charge is 0.350 e. The smallest absolute Gasteiger partial charge is 0.282 e. The topological polar surface area (TPSA) is 84.3 Å². The van der Waals surface area contributed by atoms with Gasteiger partial charge in [-0.2, -0.15) is 0 Å². The van der Waals surface area contributed by atoms with Gasteiger partial charge in [0.25, 0.3) is 11.6 Å². The van der Waals surface area contributed by atoms with Gasteiger partial charge in [-0.05, 0) is 37.9 Å². The molecule has 1 heterocycles. The maximum atomic E-state index is 12.0. The molecule has 0 spiro atoms. The summed E-state index contributed by atoms with van der Waals surface area (Å²) < 4.78 is 0. The molecular weight excluding hydrogens is 282 g/mol. The molecule has 1 atom stereocenters. The van der Waals surface area contributed by atoms with Crippen molar-refractivity contribution in [2.45, 2.75) is 25.8 Å². The summed E-state index contributed by atoms with van der Waals surface area (Å²) >= 11 is 0. The zero-order chi connectivity index (χ0) is 13.8. The highest BCUT2D eigenvalue weighted by atomic mass is 35.5. The number of nitro benzene ring substituents is 1. The Bertz CT molecular complexity index is 502. The molecule has 1 aromatic carbocycles. The second-order valence-electron chi connectivity index (χ2n) is 4.78. The Morgan fingerprint density at radius 1 is 1.55 bits per heavy atom. The minimum atomic E-state index is -0.526. The lowest BCUT2D eigenvalue weighted by molar-refractivity contribution is -0.385. The molecule has 110 valence electrons. The van der Waals surface area contributed by atoms with E-state index in [1.165, 1.54) is 6.07 Å². The molecule has 2 N–H and O–H groups in total. The number of nitrogens with zero attached hydrogens (tertiary/aromatic N) is 1. The number of hydrogen-bond acceptors (Lipinski definition) is 4. The highest BCUT2D eigenvalue weighted by Gasteiger charge is 2.21. The molecule has 0 aliphatic carbocycles. The molecule has 6 nitrogen and oxygen atoms in total. The van der Waals surface area contributed by atoms with Crippen LogP contribution in [-0.2, 0) is 0 Å². The standard InChI is InChI=1S/C13H17N3O3.ClH/c1-9-4-5-12(16(18)19)11(7-9)13(17)15-8-10-3-2-6-14-10;/h4-5,7,10,14H,2-3,6,8H2,1H3,(H,15,17);1H. The normalized spacial score (nSPS) is 17.4. The van der Waals surface area contributed by atoms with Crippen LogP contribution in [0.25, 0.3) is 0 Å². The molecule has 0 bridgehead atoms. The van der Waals surface area contributed by atoms with Crippen LogP contribution in [0.1, 0.15) is 28.8 Å². The van der Waals surface area contributed by atoms with Gasteiger partial charge in [0.2, 0.25) is 0 Å². The van der Waals surface area contributed by atoms with Crippen molar-refractivity contribution in [1.82, 2.24) is 10.6 Å². The Kier molecular flexibility index (Phi) is 5.91. The summed E-state index contributed by atoms with van der Waals surface area (Å²) in [5, 5.41) is 16.9. The Morgan fingerprint density at radius 3 is 2.90 bits per heavy atom. The van der Waals surface area contributed by atoms with Crippen LogP contribution >= 0.6 is 12.4 Å². The van der Waals surface area contributed by atoms with Crippen molar-refractivity contribution in [1.29, 1.82) is 0 Å². The van der Waals surface area contributed by atoms with Gasteiger partial charge in [-0.15, -0.1) is 12.4 Å². The van der Waals surface area contributed by atoms with E-state index in [1.54, 1.807) is 19.1 Å².